The minimum atomic E-state index is -0.980. The first kappa shape index (κ1) is 14.3. The molecule has 1 aromatic rings. The van der Waals surface area contributed by atoms with Crippen molar-refractivity contribution < 1.29 is 24.5 Å². The molecule has 1 unspecified atom stereocenters. The number of carbonyl (C=O) groups excluding carboxylic acids is 1. The number of ether oxygens (including phenoxy) is 1. The van der Waals surface area contributed by atoms with Crippen molar-refractivity contribution in [3.05, 3.63) is 23.8 Å². The molecule has 0 bridgehead atoms. The number of carbonyl (C=O) groups is 2. The first-order chi connectivity index (χ1) is 9.52. The molecule has 0 radical (unpaired) electrons. The number of aliphatic carboxylic acids is 1. The molecule has 1 atom stereocenters. The quantitative estimate of drug-likeness (QED) is 0.861. The first-order valence-corrected chi connectivity index (χ1v) is 6.38. The van der Waals surface area contributed by atoms with Crippen LogP contribution in [0.5, 0.6) is 11.5 Å². The molecule has 0 aromatic heterocycles. The van der Waals surface area contributed by atoms with Crippen molar-refractivity contribution in [1.29, 1.82) is 0 Å². The highest BCUT2D eigenvalue weighted by molar-refractivity contribution is 5.80. The van der Waals surface area contributed by atoms with Gasteiger partial charge in [0.2, 0.25) is 0 Å². The zero-order valence-corrected chi connectivity index (χ0v) is 11.2. The van der Waals surface area contributed by atoms with E-state index in [9.17, 15) is 19.8 Å². The van der Waals surface area contributed by atoms with Crippen molar-refractivity contribution >= 4 is 11.8 Å². The van der Waals surface area contributed by atoms with Gasteiger partial charge in [0.15, 0.2) is 11.5 Å². The minimum Gasteiger partial charge on any atom is -0.504 e. The van der Waals surface area contributed by atoms with Gasteiger partial charge in [-0.05, 0) is 17.7 Å². The average molecular weight is 279 g/mol. The van der Waals surface area contributed by atoms with Gasteiger partial charge in [-0.2, -0.15) is 0 Å². The number of aromatic hydroxyl groups is 1. The molecule has 0 aliphatic carbocycles. The van der Waals surface area contributed by atoms with E-state index >= 15 is 0 Å². The maximum Gasteiger partial charge on any atom is 0.325 e. The Hall–Kier alpha value is -2.08. The zero-order valence-electron chi connectivity index (χ0n) is 11.2. The normalized spacial score (nSPS) is 17.8. The van der Waals surface area contributed by atoms with Gasteiger partial charge in [0.05, 0.1) is 7.11 Å². The van der Waals surface area contributed by atoms with Crippen molar-refractivity contribution in [3.63, 3.8) is 0 Å². The van der Waals surface area contributed by atoms with E-state index in [1.54, 1.807) is 11.0 Å². The standard InChI is InChI=1S/C14H17NO5/c1-20-12-8-9(2-3-11(12)17)13(14(18)19)15-6-4-10(16)5-7-15/h2-3,8,13,17H,4-7H2,1H3,(H,18,19). The second-order valence-electron chi connectivity index (χ2n) is 4.75. The smallest absolute Gasteiger partial charge is 0.325 e. The van der Waals surface area contributed by atoms with Gasteiger partial charge in [0.25, 0.3) is 0 Å². The predicted octanol–water partition coefficient (Wildman–Crippen LogP) is 1.19. The molecule has 1 saturated heterocycles. The van der Waals surface area contributed by atoms with Crippen LogP contribution in [-0.4, -0.2) is 47.1 Å². The molecule has 1 fully saturated rings. The topological polar surface area (TPSA) is 87.1 Å². The number of methoxy groups -OCH3 is 1. The van der Waals surface area contributed by atoms with Crippen LogP contribution in [0, 0.1) is 0 Å². The number of likely N-dealkylation sites (tertiary alicyclic amines) is 1. The molecule has 2 N–H and O–H groups in total. The van der Waals surface area contributed by atoms with Crippen molar-refractivity contribution in [1.82, 2.24) is 4.90 Å². The molecule has 2 rings (SSSR count). The molecule has 108 valence electrons. The monoisotopic (exact) mass is 279 g/mol. The van der Waals surface area contributed by atoms with E-state index in [2.05, 4.69) is 0 Å². The molecule has 6 heteroatoms. The lowest BCUT2D eigenvalue weighted by Gasteiger charge is -2.31. The fourth-order valence-corrected chi connectivity index (χ4v) is 2.41. The third kappa shape index (κ3) is 2.91. The van der Waals surface area contributed by atoms with E-state index < -0.39 is 12.0 Å². The molecule has 1 aromatic carbocycles. The second-order valence-corrected chi connectivity index (χ2v) is 4.75. The molecule has 20 heavy (non-hydrogen) atoms. The van der Waals surface area contributed by atoms with E-state index in [-0.39, 0.29) is 17.3 Å². The Morgan fingerprint density at radius 2 is 2.00 bits per heavy atom. The van der Waals surface area contributed by atoms with Crippen LogP contribution in [0.25, 0.3) is 0 Å². The molecule has 0 spiro atoms. The van der Waals surface area contributed by atoms with Crippen LogP contribution in [0.15, 0.2) is 18.2 Å². The van der Waals surface area contributed by atoms with Gasteiger partial charge in [-0.3, -0.25) is 14.5 Å². The molecular weight excluding hydrogens is 262 g/mol. The molecule has 0 saturated carbocycles. The Morgan fingerprint density at radius 3 is 2.55 bits per heavy atom. The maximum atomic E-state index is 11.5. The summed E-state index contributed by atoms with van der Waals surface area (Å²) in [7, 11) is 1.41. The number of piperidine rings is 1. The van der Waals surface area contributed by atoms with Crippen LogP contribution in [0.1, 0.15) is 24.4 Å². The number of ketones is 1. The van der Waals surface area contributed by atoms with Crippen LogP contribution in [-0.2, 0) is 9.59 Å². The summed E-state index contributed by atoms with van der Waals surface area (Å²) in [5.41, 5.74) is 0.529. The van der Waals surface area contributed by atoms with E-state index in [1.807, 2.05) is 0 Å². The molecular formula is C14H17NO5. The lowest BCUT2D eigenvalue weighted by Crippen LogP contribution is -2.40. The van der Waals surface area contributed by atoms with Gasteiger partial charge in [0.1, 0.15) is 11.8 Å². The summed E-state index contributed by atoms with van der Waals surface area (Å²) in [4.78, 5) is 24.6. The van der Waals surface area contributed by atoms with Gasteiger partial charge in [-0.25, -0.2) is 0 Å². The second kappa shape index (κ2) is 5.92. The van der Waals surface area contributed by atoms with Gasteiger partial charge >= 0.3 is 5.97 Å². The van der Waals surface area contributed by atoms with Crippen LogP contribution in [0.3, 0.4) is 0 Å². The van der Waals surface area contributed by atoms with Crippen LogP contribution in [0.4, 0.5) is 0 Å². The highest BCUT2D eigenvalue weighted by Crippen LogP contribution is 2.32. The summed E-state index contributed by atoms with van der Waals surface area (Å²) in [6, 6.07) is 3.66. The summed E-state index contributed by atoms with van der Waals surface area (Å²) in [5, 5.41) is 19.0. The number of hydrogen-bond donors (Lipinski definition) is 2. The van der Waals surface area contributed by atoms with Crippen molar-refractivity contribution in [3.8, 4) is 11.5 Å². The highest BCUT2D eigenvalue weighted by atomic mass is 16.5. The fraction of sp³-hybridized carbons (Fsp3) is 0.429. The molecule has 1 aliphatic heterocycles. The van der Waals surface area contributed by atoms with E-state index in [0.717, 1.165) is 0 Å². The average Bonchev–Trinajstić information content (AvgIpc) is 2.42. The molecule has 1 aliphatic rings. The Labute approximate surface area is 116 Å². The Bertz CT molecular complexity index is 518. The summed E-state index contributed by atoms with van der Waals surface area (Å²) < 4.78 is 5.00. The lowest BCUT2D eigenvalue weighted by molar-refractivity contribution is -0.145. The number of rotatable bonds is 4. The van der Waals surface area contributed by atoms with E-state index in [4.69, 9.17) is 4.74 Å². The lowest BCUT2D eigenvalue weighted by atomic mass is 10.0. The number of hydrogen-bond acceptors (Lipinski definition) is 5. The van der Waals surface area contributed by atoms with Crippen molar-refractivity contribution in [2.45, 2.75) is 18.9 Å². The Morgan fingerprint density at radius 1 is 1.35 bits per heavy atom. The summed E-state index contributed by atoms with van der Waals surface area (Å²) in [6.45, 7) is 0.859. The third-order valence-corrected chi connectivity index (χ3v) is 3.47. The van der Waals surface area contributed by atoms with Crippen LogP contribution >= 0.6 is 0 Å². The number of carboxylic acids is 1. The third-order valence-electron chi connectivity index (χ3n) is 3.47. The number of phenols is 1. The summed E-state index contributed by atoms with van der Waals surface area (Å²) >= 11 is 0. The largest absolute Gasteiger partial charge is 0.504 e. The van der Waals surface area contributed by atoms with Gasteiger partial charge < -0.3 is 14.9 Å². The first-order valence-electron chi connectivity index (χ1n) is 6.38. The minimum absolute atomic E-state index is 0.0331. The number of phenolic OH excluding ortho intramolecular Hbond substituents is 1. The molecule has 0 amide bonds. The SMILES string of the molecule is COc1cc(C(C(=O)O)N2CCC(=O)CC2)ccc1O. The summed E-state index contributed by atoms with van der Waals surface area (Å²) in [6.07, 6.45) is 0.748. The van der Waals surface area contributed by atoms with Crippen LogP contribution in [0.2, 0.25) is 0 Å². The summed E-state index contributed by atoms with van der Waals surface area (Å²) in [5.74, 6) is -0.614. The van der Waals surface area contributed by atoms with Crippen molar-refractivity contribution in [2.75, 3.05) is 20.2 Å². The highest BCUT2D eigenvalue weighted by Gasteiger charge is 2.30. The van der Waals surface area contributed by atoms with E-state index in [0.29, 0.717) is 31.5 Å². The Kier molecular flexibility index (Phi) is 4.24. The van der Waals surface area contributed by atoms with Crippen LogP contribution < -0.4 is 4.74 Å². The van der Waals surface area contributed by atoms with Gasteiger partial charge in [-0.1, -0.05) is 6.07 Å². The number of Topliss-reactive ketones (excluding diaryl/α,β-unsaturated/α-hetero) is 1. The molecule has 1 heterocycles. The number of carboxylic acid groups (broad SMARTS) is 1. The maximum absolute atomic E-state index is 11.5. The van der Waals surface area contributed by atoms with Gasteiger partial charge in [0, 0.05) is 25.9 Å². The zero-order chi connectivity index (χ0) is 14.7. The number of benzene rings is 1. The van der Waals surface area contributed by atoms with E-state index in [1.165, 1.54) is 19.2 Å². The fourth-order valence-electron chi connectivity index (χ4n) is 2.41. The number of nitrogens with zero attached hydrogens (tertiary/aromatic N) is 1. The molecule has 6 nitrogen and oxygen atoms in total. The predicted molar refractivity (Wildman–Crippen MR) is 70.8 cm³/mol. The van der Waals surface area contributed by atoms with Gasteiger partial charge in [-0.15, -0.1) is 0 Å². The Balaban J connectivity index is 2.29. The van der Waals surface area contributed by atoms with Crippen molar-refractivity contribution in [2.24, 2.45) is 0 Å².